The van der Waals surface area contributed by atoms with E-state index in [9.17, 15) is 13.5 Å². The number of hydrogen-bond acceptors (Lipinski definition) is 5. The molecule has 0 spiro atoms. The van der Waals surface area contributed by atoms with Gasteiger partial charge >= 0.3 is 0 Å². The molecule has 34 heavy (non-hydrogen) atoms. The van der Waals surface area contributed by atoms with Crippen molar-refractivity contribution in [2.75, 3.05) is 26.2 Å². The van der Waals surface area contributed by atoms with E-state index in [-0.39, 0.29) is 24.6 Å². The zero-order valence-corrected chi connectivity index (χ0v) is 20.2. The number of aliphatic hydroxyl groups excluding tert-OH is 1. The maximum Gasteiger partial charge on any atom is 0.243 e. The number of hydrogen-bond donors (Lipinski definition) is 1. The van der Waals surface area contributed by atoms with Crippen LogP contribution in [0.5, 0.6) is 0 Å². The van der Waals surface area contributed by atoms with E-state index in [2.05, 4.69) is 34.1 Å². The number of aryl methyl sites for hydroxylation is 1. The standard InChI is InChI=1S/C27H31N3O3S/c1-20-6-4-8-24(16-20)34(32,33)29-14-2-3-15-30-25(18-29)27(26(30)19-31)22-11-9-21(10-12-22)23-7-5-13-28-17-23/h4-13,16-17,25-27,31H,2-3,14-15,18-19H2,1H3/t25-,26+,27+/m0/s1. The van der Waals surface area contributed by atoms with Gasteiger partial charge < -0.3 is 5.11 Å². The molecule has 3 aromatic rings. The molecule has 1 N–H and O–H groups in total. The topological polar surface area (TPSA) is 73.7 Å². The Morgan fingerprint density at radius 2 is 1.79 bits per heavy atom. The number of aliphatic hydroxyl groups is 1. The molecule has 0 saturated carbocycles. The molecule has 3 heterocycles. The summed E-state index contributed by atoms with van der Waals surface area (Å²) in [5, 5.41) is 10.2. The normalized spacial score (nSPS) is 24.0. The number of benzene rings is 2. The number of sulfonamides is 1. The Balaban J connectivity index is 1.43. The van der Waals surface area contributed by atoms with Crippen LogP contribution in [0.25, 0.3) is 11.1 Å². The zero-order chi connectivity index (χ0) is 23.7. The molecule has 0 radical (unpaired) electrons. The predicted octanol–water partition coefficient (Wildman–Crippen LogP) is 3.67. The van der Waals surface area contributed by atoms with Crippen molar-refractivity contribution in [2.45, 2.75) is 42.7 Å². The summed E-state index contributed by atoms with van der Waals surface area (Å²) in [5.74, 6) is 0.0845. The Kier molecular flexibility index (Phi) is 6.53. The zero-order valence-electron chi connectivity index (χ0n) is 19.4. The summed E-state index contributed by atoms with van der Waals surface area (Å²) in [5.41, 5.74) is 4.23. The molecular formula is C27H31N3O3S. The van der Waals surface area contributed by atoms with Gasteiger partial charge in [-0.3, -0.25) is 9.88 Å². The largest absolute Gasteiger partial charge is 0.395 e. The summed E-state index contributed by atoms with van der Waals surface area (Å²) in [4.78, 5) is 6.86. The molecule has 7 heteroatoms. The Labute approximate surface area is 201 Å². The van der Waals surface area contributed by atoms with Crippen LogP contribution < -0.4 is 0 Å². The van der Waals surface area contributed by atoms with Crippen LogP contribution in [0.2, 0.25) is 0 Å². The number of nitrogens with zero attached hydrogens (tertiary/aromatic N) is 3. The van der Waals surface area contributed by atoms with Crippen molar-refractivity contribution in [3.05, 3.63) is 84.2 Å². The van der Waals surface area contributed by atoms with Gasteiger partial charge in [-0.15, -0.1) is 0 Å². The quantitative estimate of drug-likeness (QED) is 0.607. The summed E-state index contributed by atoms with van der Waals surface area (Å²) < 4.78 is 28.7. The second-order valence-electron chi connectivity index (χ2n) is 9.33. The van der Waals surface area contributed by atoms with E-state index in [1.807, 2.05) is 31.3 Å². The molecule has 3 atom stereocenters. The molecule has 178 valence electrons. The molecule has 0 aliphatic carbocycles. The molecule has 2 aliphatic rings. The van der Waals surface area contributed by atoms with Crippen LogP contribution in [0, 0.1) is 6.92 Å². The number of fused-ring (bicyclic) bond motifs is 1. The monoisotopic (exact) mass is 477 g/mol. The van der Waals surface area contributed by atoms with Crippen LogP contribution in [0.15, 0.2) is 78.0 Å². The Hall–Kier alpha value is -2.58. The van der Waals surface area contributed by atoms with Gasteiger partial charge in [-0.2, -0.15) is 4.31 Å². The first kappa shape index (κ1) is 23.2. The minimum absolute atomic E-state index is 0.0101. The van der Waals surface area contributed by atoms with Crippen LogP contribution in [-0.4, -0.2) is 66.0 Å². The lowest BCUT2D eigenvalue weighted by atomic mass is 9.74. The van der Waals surface area contributed by atoms with Crippen LogP contribution in [0.1, 0.15) is 29.9 Å². The lowest BCUT2D eigenvalue weighted by molar-refractivity contribution is -0.0553. The number of rotatable bonds is 5. The Morgan fingerprint density at radius 3 is 2.50 bits per heavy atom. The molecule has 6 nitrogen and oxygen atoms in total. The fourth-order valence-corrected chi connectivity index (χ4v) is 7.09. The van der Waals surface area contributed by atoms with Crippen molar-refractivity contribution < 1.29 is 13.5 Å². The molecule has 2 fully saturated rings. The van der Waals surface area contributed by atoms with Crippen LogP contribution in [0.4, 0.5) is 0 Å². The summed E-state index contributed by atoms with van der Waals surface area (Å²) in [6.07, 6.45) is 5.34. The van der Waals surface area contributed by atoms with Gasteiger partial charge in [0.1, 0.15) is 0 Å². The minimum atomic E-state index is -3.58. The van der Waals surface area contributed by atoms with Crippen molar-refractivity contribution in [3.8, 4) is 11.1 Å². The maximum absolute atomic E-state index is 13.5. The molecule has 2 aromatic carbocycles. The molecular weight excluding hydrogens is 446 g/mol. The van der Waals surface area contributed by atoms with Gasteiger partial charge in [0.05, 0.1) is 11.5 Å². The van der Waals surface area contributed by atoms with Crippen LogP contribution in [-0.2, 0) is 10.0 Å². The van der Waals surface area contributed by atoms with Gasteiger partial charge in [0.25, 0.3) is 0 Å². The number of pyridine rings is 1. The number of aromatic nitrogens is 1. The Morgan fingerprint density at radius 1 is 1.00 bits per heavy atom. The third-order valence-electron chi connectivity index (χ3n) is 7.25. The van der Waals surface area contributed by atoms with Gasteiger partial charge in [0, 0.05) is 43.5 Å². The molecule has 0 amide bonds. The highest BCUT2D eigenvalue weighted by molar-refractivity contribution is 7.89. The van der Waals surface area contributed by atoms with Gasteiger partial charge in [0.15, 0.2) is 0 Å². The summed E-state index contributed by atoms with van der Waals surface area (Å²) >= 11 is 0. The molecule has 0 bridgehead atoms. The highest BCUT2D eigenvalue weighted by Gasteiger charge is 2.50. The average Bonchev–Trinajstić information content (AvgIpc) is 2.84. The Bertz CT molecular complexity index is 1230. The van der Waals surface area contributed by atoms with Crippen molar-refractivity contribution in [1.82, 2.24) is 14.2 Å². The summed E-state index contributed by atoms with van der Waals surface area (Å²) in [6.45, 7) is 3.82. The molecule has 2 saturated heterocycles. The first-order valence-corrected chi connectivity index (χ1v) is 13.4. The molecule has 2 aliphatic heterocycles. The third kappa shape index (κ3) is 4.29. The van der Waals surface area contributed by atoms with E-state index < -0.39 is 10.0 Å². The summed E-state index contributed by atoms with van der Waals surface area (Å²) in [7, 11) is -3.58. The summed E-state index contributed by atoms with van der Waals surface area (Å²) in [6, 6.07) is 19.6. The smallest absolute Gasteiger partial charge is 0.243 e. The SMILES string of the molecule is Cc1cccc(S(=O)(=O)N2CCCCN3[C@H](CO)[C@H](c4ccc(-c5cccnc5)cc4)[C@@H]3C2)c1. The van der Waals surface area contributed by atoms with E-state index in [1.165, 1.54) is 0 Å². The van der Waals surface area contributed by atoms with E-state index in [4.69, 9.17) is 0 Å². The van der Waals surface area contributed by atoms with E-state index >= 15 is 0 Å². The van der Waals surface area contributed by atoms with Gasteiger partial charge in [-0.25, -0.2) is 8.42 Å². The lowest BCUT2D eigenvalue weighted by Crippen LogP contribution is -2.67. The van der Waals surface area contributed by atoms with Crippen molar-refractivity contribution in [2.24, 2.45) is 0 Å². The second-order valence-corrected chi connectivity index (χ2v) is 11.3. The van der Waals surface area contributed by atoms with Crippen molar-refractivity contribution in [3.63, 3.8) is 0 Å². The molecule has 5 rings (SSSR count). The highest BCUT2D eigenvalue weighted by Crippen LogP contribution is 2.43. The predicted molar refractivity (Wildman–Crippen MR) is 133 cm³/mol. The van der Waals surface area contributed by atoms with E-state index in [0.29, 0.717) is 18.0 Å². The van der Waals surface area contributed by atoms with Crippen molar-refractivity contribution in [1.29, 1.82) is 0 Å². The van der Waals surface area contributed by atoms with Gasteiger partial charge in [-0.1, -0.05) is 42.5 Å². The highest BCUT2D eigenvalue weighted by atomic mass is 32.2. The average molecular weight is 478 g/mol. The fraction of sp³-hybridized carbons (Fsp3) is 0.370. The van der Waals surface area contributed by atoms with E-state index in [1.54, 1.807) is 28.7 Å². The van der Waals surface area contributed by atoms with Gasteiger partial charge in [-0.05, 0) is 66.8 Å². The van der Waals surface area contributed by atoms with E-state index in [0.717, 1.165) is 41.6 Å². The fourth-order valence-electron chi connectivity index (χ4n) is 5.48. The first-order chi connectivity index (χ1) is 16.5. The first-order valence-electron chi connectivity index (χ1n) is 11.9. The molecule has 0 unspecified atom stereocenters. The maximum atomic E-state index is 13.5. The lowest BCUT2D eigenvalue weighted by Gasteiger charge is -2.57. The molecule has 1 aromatic heterocycles. The third-order valence-corrected chi connectivity index (χ3v) is 9.11. The second kappa shape index (κ2) is 9.58. The van der Waals surface area contributed by atoms with Gasteiger partial charge in [0.2, 0.25) is 10.0 Å². The minimum Gasteiger partial charge on any atom is -0.395 e. The van der Waals surface area contributed by atoms with Crippen LogP contribution in [0.3, 0.4) is 0 Å². The van der Waals surface area contributed by atoms with Crippen LogP contribution >= 0.6 is 0 Å². The van der Waals surface area contributed by atoms with Crippen molar-refractivity contribution >= 4 is 10.0 Å².